The van der Waals surface area contributed by atoms with Crippen molar-refractivity contribution in [3.05, 3.63) is 0 Å². The Balaban J connectivity index is 1.93. The van der Waals surface area contributed by atoms with E-state index in [1.165, 1.54) is 58.2 Å². The minimum atomic E-state index is 0.744. The van der Waals surface area contributed by atoms with Crippen molar-refractivity contribution in [3.8, 4) is 0 Å². The fraction of sp³-hybridized carbons (Fsp3) is 1.00. The van der Waals surface area contributed by atoms with Crippen LogP contribution in [0.2, 0.25) is 0 Å². The van der Waals surface area contributed by atoms with E-state index in [9.17, 15) is 0 Å². The molecule has 0 radical (unpaired) electrons. The van der Waals surface area contributed by atoms with Crippen LogP contribution in [-0.4, -0.2) is 36.6 Å². The van der Waals surface area contributed by atoms with E-state index in [2.05, 4.69) is 24.1 Å². The van der Waals surface area contributed by atoms with Crippen molar-refractivity contribution >= 4 is 0 Å². The first-order valence-electron chi connectivity index (χ1n) is 7.32. The van der Waals surface area contributed by atoms with Crippen LogP contribution in [0.4, 0.5) is 0 Å². The summed E-state index contributed by atoms with van der Waals surface area (Å²) in [6.07, 6.45) is 8.52. The first-order valence-corrected chi connectivity index (χ1v) is 7.32. The van der Waals surface area contributed by atoms with Crippen LogP contribution in [0.25, 0.3) is 0 Å². The molecule has 2 heteroatoms. The summed E-state index contributed by atoms with van der Waals surface area (Å²) >= 11 is 0. The SMILES string of the molecule is CCC1CN(C2CCCCC2CC)CCN1. The van der Waals surface area contributed by atoms with Gasteiger partial charge >= 0.3 is 0 Å². The van der Waals surface area contributed by atoms with Gasteiger partial charge in [-0.3, -0.25) is 4.90 Å². The molecule has 1 aliphatic heterocycles. The molecule has 2 aliphatic rings. The van der Waals surface area contributed by atoms with Crippen LogP contribution in [0, 0.1) is 5.92 Å². The maximum atomic E-state index is 3.63. The summed E-state index contributed by atoms with van der Waals surface area (Å²) < 4.78 is 0. The van der Waals surface area contributed by atoms with Gasteiger partial charge in [-0.25, -0.2) is 0 Å². The lowest BCUT2D eigenvalue weighted by molar-refractivity contribution is 0.0720. The second-order valence-corrected chi connectivity index (χ2v) is 5.57. The maximum absolute atomic E-state index is 3.63. The average Bonchev–Trinajstić information content (AvgIpc) is 2.38. The Kier molecular flexibility index (Phi) is 4.66. The number of nitrogens with one attached hydrogen (secondary N) is 1. The fourth-order valence-electron chi connectivity index (χ4n) is 3.57. The number of hydrogen-bond acceptors (Lipinski definition) is 2. The van der Waals surface area contributed by atoms with Crippen molar-refractivity contribution in [2.24, 2.45) is 5.92 Å². The lowest BCUT2D eigenvalue weighted by Crippen LogP contribution is -2.55. The van der Waals surface area contributed by atoms with Crippen molar-refractivity contribution < 1.29 is 0 Å². The van der Waals surface area contributed by atoms with Gasteiger partial charge in [0.1, 0.15) is 0 Å². The Labute approximate surface area is 101 Å². The molecule has 1 heterocycles. The molecule has 2 nitrogen and oxygen atoms in total. The largest absolute Gasteiger partial charge is 0.311 e. The molecule has 1 saturated carbocycles. The number of piperazine rings is 1. The molecule has 0 amide bonds. The van der Waals surface area contributed by atoms with E-state index >= 15 is 0 Å². The predicted octanol–water partition coefficient (Wildman–Crippen LogP) is 2.64. The molecule has 1 aliphatic carbocycles. The zero-order chi connectivity index (χ0) is 11.4. The minimum Gasteiger partial charge on any atom is -0.311 e. The van der Waals surface area contributed by atoms with Crippen molar-refractivity contribution in [2.45, 2.75) is 64.5 Å². The third-order valence-corrected chi connectivity index (χ3v) is 4.64. The molecule has 16 heavy (non-hydrogen) atoms. The highest BCUT2D eigenvalue weighted by Crippen LogP contribution is 2.31. The second kappa shape index (κ2) is 6.02. The fourth-order valence-corrected chi connectivity index (χ4v) is 3.57. The van der Waals surface area contributed by atoms with Crippen LogP contribution >= 0.6 is 0 Å². The normalized spacial score (nSPS) is 37.5. The van der Waals surface area contributed by atoms with Crippen molar-refractivity contribution in [2.75, 3.05) is 19.6 Å². The Bertz CT molecular complexity index is 205. The summed E-state index contributed by atoms with van der Waals surface area (Å²) in [4.78, 5) is 2.79. The molecule has 0 bridgehead atoms. The smallest absolute Gasteiger partial charge is 0.0193 e. The third-order valence-electron chi connectivity index (χ3n) is 4.64. The summed E-state index contributed by atoms with van der Waals surface area (Å²) in [6.45, 7) is 8.45. The summed E-state index contributed by atoms with van der Waals surface area (Å²) in [6, 6.07) is 1.64. The van der Waals surface area contributed by atoms with Gasteiger partial charge in [0.15, 0.2) is 0 Å². The van der Waals surface area contributed by atoms with Gasteiger partial charge in [-0.1, -0.05) is 33.1 Å². The van der Waals surface area contributed by atoms with Gasteiger partial charge in [-0.05, 0) is 25.2 Å². The zero-order valence-electron chi connectivity index (χ0n) is 11.0. The number of nitrogens with zero attached hydrogens (tertiary/aromatic N) is 1. The zero-order valence-corrected chi connectivity index (χ0v) is 11.0. The van der Waals surface area contributed by atoms with Crippen LogP contribution in [0.5, 0.6) is 0 Å². The summed E-state index contributed by atoms with van der Waals surface area (Å²) in [5.74, 6) is 0.976. The molecular formula is C14H28N2. The standard InChI is InChI=1S/C14H28N2/c1-3-12-7-5-6-8-14(12)16-10-9-15-13(4-2)11-16/h12-15H,3-11H2,1-2H3. The van der Waals surface area contributed by atoms with Crippen LogP contribution in [-0.2, 0) is 0 Å². The van der Waals surface area contributed by atoms with Gasteiger partial charge < -0.3 is 5.32 Å². The van der Waals surface area contributed by atoms with E-state index in [1.807, 2.05) is 0 Å². The van der Waals surface area contributed by atoms with Gasteiger partial charge in [0, 0.05) is 31.7 Å². The molecule has 3 atom stereocenters. The molecule has 0 aromatic heterocycles. The minimum absolute atomic E-state index is 0.744. The molecule has 3 unspecified atom stereocenters. The van der Waals surface area contributed by atoms with Gasteiger partial charge in [-0.15, -0.1) is 0 Å². The summed E-state index contributed by atoms with van der Waals surface area (Å²) in [7, 11) is 0. The third kappa shape index (κ3) is 2.78. The highest BCUT2D eigenvalue weighted by Gasteiger charge is 2.31. The van der Waals surface area contributed by atoms with Gasteiger partial charge in [0.05, 0.1) is 0 Å². The van der Waals surface area contributed by atoms with E-state index in [0.717, 1.165) is 18.0 Å². The number of hydrogen-bond donors (Lipinski definition) is 1. The van der Waals surface area contributed by atoms with Crippen LogP contribution in [0.3, 0.4) is 0 Å². The Morgan fingerprint density at radius 2 is 1.94 bits per heavy atom. The van der Waals surface area contributed by atoms with E-state index in [0.29, 0.717) is 0 Å². The molecule has 0 aromatic rings. The molecule has 94 valence electrons. The molecular weight excluding hydrogens is 196 g/mol. The summed E-state index contributed by atoms with van der Waals surface area (Å²) in [5.41, 5.74) is 0. The highest BCUT2D eigenvalue weighted by molar-refractivity contribution is 4.87. The van der Waals surface area contributed by atoms with Crippen LogP contribution in [0.1, 0.15) is 52.4 Å². The lowest BCUT2D eigenvalue weighted by atomic mass is 9.81. The monoisotopic (exact) mass is 224 g/mol. The Hall–Kier alpha value is -0.0800. The van der Waals surface area contributed by atoms with Crippen molar-refractivity contribution in [1.82, 2.24) is 10.2 Å². The van der Waals surface area contributed by atoms with E-state index in [1.54, 1.807) is 0 Å². The van der Waals surface area contributed by atoms with Crippen LogP contribution in [0.15, 0.2) is 0 Å². The molecule has 2 fully saturated rings. The first kappa shape index (κ1) is 12.4. The summed E-state index contributed by atoms with van der Waals surface area (Å²) in [5, 5.41) is 3.63. The second-order valence-electron chi connectivity index (χ2n) is 5.57. The van der Waals surface area contributed by atoms with Crippen molar-refractivity contribution in [3.63, 3.8) is 0 Å². The van der Waals surface area contributed by atoms with Crippen LogP contribution < -0.4 is 5.32 Å². The van der Waals surface area contributed by atoms with E-state index in [4.69, 9.17) is 0 Å². The lowest BCUT2D eigenvalue weighted by Gasteiger charge is -2.44. The first-order chi connectivity index (χ1) is 7.85. The molecule has 0 aromatic carbocycles. The van der Waals surface area contributed by atoms with E-state index in [-0.39, 0.29) is 0 Å². The topological polar surface area (TPSA) is 15.3 Å². The Morgan fingerprint density at radius 1 is 1.12 bits per heavy atom. The van der Waals surface area contributed by atoms with Gasteiger partial charge in [-0.2, -0.15) is 0 Å². The van der Waals surface area contributed by atoms with Gasteiger partial charge in [0.25, 0.3) is 0 Å². The Morgan fingerprint density at radius 3 is 2.69 bits per heavy atom. The predicted molar refractivity (Wildman–Crippen MR) is 69.7 cm³/mol. The van der Waals surface area contributed by atoms with E-state index < -0.39 is 0 Å². The quantitative estimate of drug-likeness (QED) is 0.793. The van der Waals surface area contributed by atoms with Crippen molar-refractivity contribution in [1.29, 1.82) is 0 Å². The molecule has 2 rings (SSSR count). The molecule has 1 saturated heterocycles. The maximum Gasteiger partial charge on any atom is 0.0193 e. The molecule has 0 spiro atoms. The average molecular weight is 224 g/mol. The highest BCUT2D eigenvalue weighted by atomic mass is 15.2. The number of rotatable bonds is 3. The molecule has 1 N–H and O–H groups in total. The van der Waals surface area contributed by atoms with Gasteiger partial charge in [0.2, 0.25) is 0 Å².